The van der Waals surface area contributed by atoms with E-state index in [9.17, 15) is 9.59 Å². The predicted molar refractivity (Wildman–Crippen MR) is 84.3 cm³/mol. The van der Waals surface area contributed by atoms with Crippen molar-refractivity contribution in [2.75, 3.05) is 12.0 Å². The molecule has 114 valence electrons. The van der Waals surface area contributed by atoms with Crippen molar-refractivity contribution in [3.8, 4) is 0 Å². The standard InChI is InChI=1S/C16H16N2O3S/c1-9-14(22-10(2)17-9)15(19)18-12-7-5-4-6-11(12)8-13(18)16(20)21-3/h4-7,13H,8H2,1-3H3/t13-/m0/s1. The van der Waals surface area contributed by atoms with Crippen molar-refractivity contribution >= 4 is 28.9 Å². The highest BCUT2D eigenvalue weighted by molar-refractivity contribution is 7.13. The van der Waals surface area contributed by atoms with E-state index in [0.717, 1.165) is 16.3 Å². The second-order valence-electron chi connectivity index (χ2n) is 5.19. The third kappa shape index (κ3) is 2.29. The van der Waals surface area contributed by atoms with Crippen LogP contribution in [-0.2, 0) is 16.0 Å². The Kier molecular flexibility index (Phi) is 3.70. The van der Waals surface area contributed by atoms with E-state index >= 15 is 0 Å². The Balaban J connectivity index is 2.06. The normalized spacial score (nSPS) is 16.5. The highest BCUT2D eigenvalue weighted by Gasteiger charge is 2.40. The molecule has 1 aliphatic rings. The number of fused-ring (bicyclic) bond motifs is 1. The van der Waals surface area contributed by atoms with E-state index in [-0.39, 0.29) is 5.91 Å². The molecule has 1 aromatic heterocycles. The van der Waals surface area contributed by atoms with Crippen molar-refractivity contribution in [3.63, 3.8) is 0 Å². The highest BCUT2D eigenvalue weighted by Crippen LogP contribution is 2.35. The van der Waals surface area contributed by atoms with E-state index in [1.807, 2.05) is 38.1 Å². The largest absolute Gasteiger partial charge is 0.467 e. The molecule has 0 radical (unpaired) electrons. The van der Waals surface area contributed by atoms with Crippen molar-refractivity contribution < 1.29 is 14.3 Å². The van der Waals surface area contributed by atoms with Gasteiger partial charge in [-0.1, -0.05) is 18.2 Å². The third-order valence-electron chi connectivity index (χ3n) is 3.77. The van der Waals surface area contributed by atoms with Gasteiger partial charge in [-0.15, -0.1) is 11.3 Å². The van der Waals surface area contributed by atoms with E-state index in [2.05, 4.69) is 4.98 Å². The van der Waals surface area contributed by atoms with Crippen molar-refractivity contribution in [1.82, 2.24) is 4.98 Å². The zero-order chi connectivity index (χ0) is 15.9. The molecular formula is C16H16N2O3S. The fourth-order valence-electron chi connectivity index (χ4n) is 2.80. The zero-order valence-corrected chi connectivity index (χ0v) is 13.4. The van der Waals surface area contributed by atoms with Crippen molar-refractivity contribution in [1.29, 1.82) is 0 Å². The number of nitrogens with zero attached hydrogens (tertiary/aromatic N) is 2. The maximum atomic E-state index is 13.0. The Morgan fingerprint density at radius 3 is 2.68 bits per heavy atom. The Labute approximate surface area is 132 Å². The van der Waals surface area contributed by atoms with Crippen molar-refractivity contribution in [2.24, 2.45) is 0 Å². The van der Waals surface area contributed by atoms with Gasteiger partial charge in [-0.3, -0.25) is 9.69 Å². The number of benzene rings is 1. The lowest BCUT2D eigenvalue weighted by atomic mass is 10.1. The molecule has 22 heavy (non-hydrogen) atoms. The van der Waals surface area contributed by atoms with E-state index in [0.29, 0.717) is 17.0 Å². The minimum Gasteiger partial charge on any atom is -0.467 e. The van der Waals surface area contributed by atoms with Crippen LogP contribution in [0.3, 0.4) is 0 Å². The van der Waals surface area contributed by atoms with E-state index < -0.39 is 12.0 Å². The van der Waals surface area contributed by atoms with Crippen LogP contribution >= 0.6 is 11.3 Å². The molecule has 0 spiro atoms. The van der Waals surface area contributed by atoms with Crippen LogP contribution in [0.1, 0.15) is 25.9 Å². The quantitative estimate of drug-likeness (QED) is 0.799. The molecule has 2 aromatic rings. The van der Waals surface area contributed by atoms with Crippen LogP contribution in [0.2, 0.25) is 0 Å². The molecule has 1 amide bonds. The van der Waals surface area contributed by atoms with Gasteiger partial charge >= 0.3 is 5.97 Å². The molecule has 0 fully saturated rings. The number of methoxy groups -OCH3 is 1. The van der Waals surface area contributed by atoms with Gasteiger partial charge in [-0.2, -0.15) is 0 Å². The van der Waals surface area contributed by atoms with Gasteiger partial charge in [0.05, 0.1) is 17.8 Å². The van der Waals surface area contributed by atoms with Crippen LogP contribution < -0.4 is 4.90 Å². The number of esters is 1. The smallest absolute Gasteiger partial charge is 0.329 e. The molecule has 1 aliphatic heterocycles. The van der Waals surface area contributed by atoms with Crippen LogP contribution in [0, 0.1) is 13.8 Å². The van der Waals surface area contributed by atoms with Gasteiger partial charge in [0.15, 0.2) is 0 Å². The van der Waals surface area contributed by atoms with Crippen LogP contribution in [0.4, 0.5) is 5.69 Å². The number of rotatable bonds is 2. The number of ether oxygens (including phenoxy) is 1. The number of para-hydroxylation sites is 1. The average molecular weight is 316 g/mol. The molecule has 0 N–H and O–H groups in total. The fourth-order valence-corrected chi connectivity index (χ4v) is 3.66. The second-order valence-corrected chi connectivity index (χ2v) is 6.40. The molecule has 1 aromatic carbocycles. The summed E-state index contributed by atoms with van der Waals surface area (Å²) in [4.78, 5) is 31.5. The summed E-state index contributed by atoms with van der Waals surface area (Å²) in [6.45, 7) is 3.68. The van der Waals surface area contributed by atoms with E-state index in [4.69, 9.17) is 4.74 Å². The Bertz CT molecular complexity index is 754. The number of carbonyl (C=O) groups is 2. The Morgan fingerprint density at radius 1 is 1.32 bits per heavy atom. The number of hydrogen-bond donors (Lipinski definition) is 0. The van der Waals surface area contributed by atoms with E-state index in [1.54, 1.807) is 4.90 Å². The first-order chi connectivity index (χ1) is 10.5. The first-order valence-corrected chi connectivity index (χ1v) is 7.78. The number of anilines is 1. The molecule has 6 heteroatoms. The Hall–Kier alpha value is -2.21. The number of hydrogen-bond acceptors (Lipinski definition) is 5. The highest BCUT2D eigenvalue weighted by atomic mass is 32.1. The summed E-state index contributed by atoms with van der Waals surface area (Å²) in [5.74, 6) is -0.591. The minimum atomic E-state index is -0.614. The summed E-state index contributed by atoms with van der Waals surface area (Å²) in [6, 6.07) is 6.95. The number of amides is 1. The van der Waals surface area contributed by atoms with E-state index in [1.165, 1.54) is 18.4 Å². The summed E-state index contributed by atoms with van der Waals surface area (Å²) >= 11 is 1.35. The van der Waals surface area contributed by atoms with Gasteiger partial charge in [0.1, 0.15) is 10.9 Å². The van der Waals surface area contributed by atoms with Crippen LogP contribution in [-0.4, -0.2) is 30.0 Å². The van der Waals surface area contributed by atoms with Crippen molar-refractivity contribution in [2.45, 2.75) is 26.3 Å². The number of carbonyl (C=O) groups excluding carboxylic acids is 2. The monoisotopic (exact) mass is 316 g/mol. The predicted octanol–water partition coefficient (Wildman–Crippen LogP) is 2.50. The summed E-state index contributed by atoms with van der Waals surface area (Å²) < 4.78 is 4.87. The molecule has 0 saturated heterocycles. The first kappa shape index (κ1) is 14.7. The van der Waals surface area contributed by atoms with Gasteiger partial charge < -0.3 is 4.74 Å². The molecule has 3 rings (SSSR count). The maximum Gasteiger partial charge on any atom is 0.329 e. The summed E-state index contributed by atoms with van der Waals surface area (Å²) in [5, 5.41) is 0.836. The SMILES string of the molecule is COC(=O)[C@@H]1Cc2ccccc2N1C(=O)c1sc(C)nc1C. The molecular weight excluding hydrogens is 300 g/mol. The molecule has 0 aliphatic carbocycles. The molecule has 5 nitrogen and oxygen atoms in total. The lowest BCUT2D eigenvalue weighted by Crippen LogP contribution is -2.43. The van der Waals surface area contributed by atoms with Gasteiger partial charge in [-0.05, 0) is 25.5 Å². The summed E-state index contributed by atoms with van der Waals surface area (Å²) in [6.07, 6.45) is 0.478. The summed E-state index contributed by atoms with van der Waals surface area (Å²) in [5.41, 5.74) is 2.44. The zero-order valence-electron chi connectivity index (χ0n) is 12.6. The average Bonchev–Trinajstić information content (AvgIpc) is 3.05. The van der Waals surface area contributed by atoms with Crippen LogP contribution in [0.15, 0.2) is 24.3 Å². The number of aryl methyl sites for hydroxylation is 2. The van der Waals surface area contributed by atoms with Gasteiger partial charge in [-0.25, -0.2) is 9.78 Å². The Morgan fingerprint density at radius 2 is 2.05 bits per heavy atom. The van der Waals surface area contributed by atoms with Crippen LogP contribution in [0.25, 0.3) is 0 Å². The molecule has 0 unspecified atom stereocenters. The van der Waals surface area contributed by atoms with Crippen molar-refractivity contribution in [3.05, 3.63) is 45.4 Å². The fraction of sp³-hybridized carbons (Fsp3) is 0.312. The third-order valence-corrected chi connectivity index (χ3v) is 4.83. The lowest BCUT2D eigenvalue weighted by molar-refractivity contribution is -0.141. The van der Waals surface area contributed by atoms with Gasteiger partial charge in [0.25, 0.3) is 5.91 Å². The van der Waals surface area contributed by atoms with Gasteiger partial charge in [0.2, 0.25) is 0 Å². The molecule has 1 atom stereocenters. The van der Waals surface area contributed by atoms with Gasteiger partial charge in [0, 0.05) is 12.1 Å². The second kappa shape index (κ2) is 5.53. The minimum absolute atomic E-state index is 0.191. The molecule has 0 saturated carbocycles. The number of thiazole rings is 1. The first-order valence-electron chi connectivity index (χ1n) is 6.96. The number of aromatic nitrogens is 1. The molecule has 0 bridgehead atoms. The topological polar surface area (TPSA) is 59.5 Å². The molecule has 2 heterocycles. The lowest BCUT2D eigenvalue weighted by Gasteiger charge is -2.23. The van der Waals surface area contributed by atoms with Crippen LogP contribution in [0.5, 0.6) is 0 Å². The maximum absolute atomic E-state index is 13.0. The summed E-state index contributed by atoms with van der Waals surface area (Å²) in [7, 11) is 1.34.